The zero-order chi connectivity index (χ0) is 26.9. The van der Waals surface area contributed by atoms with Gasteiger partial charge in [-0.3, -0.25) is 4.79 Å². The number of aromatic nitrogens is 3. The van der Waals surface area contributed by atoms with Crippen molar-refractivity contribution in [3.8, 4) is 17.0 Å². The monoisotopic (exact) mass is 513 g/mol. The minimum Gasteiger partial charge on any atom is -0.507 e. The highest BCUT2D eigenvalue weighted by Gasteiger charge is 2.30. The summed E-state index contributed by atoms with van der Waals surface area (Å²) in [7, 11) is 6.05. The van der Waals surface area contributed by atoms with Gasteiger partial charge in [-0.2, -0.15) is 22.8 Å². The van der Waals surface area contributed by atoms with E-state index >= 15 is 0 Å². The first-order valence-electron chi connectivity index (χ1n) is 11.4. The Bertz CT molecular complexity index is 1650. The molecule has 3 N–H and O–H groups in total. The van der Waals surface area contributed by atoms with Gasteiger partial charge in [-0.1, -0.05) is 30.3 Å². The largest absolute Gasteiger partial charge is 0.507 e. The Kier molecular flexibility index (Phi) is 6.50. The summed E-state index contributed by atoms with van der Waals surface area (Å²) in [6, 6.07) is 19.7. The number of nitrogens with one attached hydrogen (secondary N) is 2. The number of rotatable bonds is 6. The summed E-state index contributed by atoms with van der Waals surface area (Å²) in [6.45, 7) is 0.312. The molecule has 0 unspecified atom stereocenters. The Labute approximate surface area is 216 Å². The Morgan fingerprint density at radius 3 is 2.58 bits per heavy atom. The summed E-state index contributed by atoms with van der Waals surface area (Å²) in [5.41, 5.74) is 2.00. The first kappa shape index (κ1) is 24.9. The molecule has 7 nitrogen and oxygen atoms in total. The smallest absolute Gasteiger partial charge is 0.416 e. The molecule has 188 valence electrons. The molecule has 0 saturated carbocycles. The van der Waals surface area contributed by atoms with Crippen LogP contribution in [0.1, 0.15) is 21.5 Å². The second-order valence-electron chi connectivity index (χ2n) is 8.47. The Hall–Kier alpha value is -4.80. The molecule has 11 heteroatoms. The van der Waals surface area contributed by atoms with Gasteiger partial charge >= 0.3 is 6.18 Å². The lowest BCUT2D eigenvalue weighted by Crippen LogP contribution is -2.14. The number of carbonyl (C=O) groups is 1. The third-order valence-electron chi connectivity index (χ3n) is 5.79. The molecule has 0 atom stereocenters. The number of amides is 1. The molecule has 0 aliphatic heterocycles. The van der Waals surface area contributed by atoms with E-state index in [1.54, 1.807) is 48.5 Å². The predicted octanol–water partition coefficient (Wildman–Crippen LogP) is 4.78. The fourth-order valence-corrected chi connectivity index (χ4v) is 3.93. The topological polar surface area (TPSA) is 91.5 Å². The number of hydrogen-bond donors (Lipinski definition) is 3. The van der Waals surface area contributed by atoms with Gasteiger partial charge in [0.05, 0.1) is 11.3 Å². The lowest BCUT2D eigenvalue weighted by Gasteiger charge is -2.13. The molecule has 5 aromatic rings. The average Bonchev–Trinajstić information content (AvgIpc) is 3.28. The third kappa shape index (κ3) is 5.17. The lowest BCUT2D eigenvalue weighted by atomic mass is 10.0. The SMILES string of the molecule is [B]c1cnn2c(NCc3cccc(NC(=O)c4cccc(C(F)(F)F)c4)c3)cc(-c3ccccc3O)nc12. The van der Waals surface area contributed by atoms with Gasteiger partial charge in [0.15, 0.2) is 5.65 Å². The van der Waals surface area contributed by atoms with E-state index in [0.29, 0.717) is 40.4 Å². The van der Waals surface area contributed by atoms with Crippen LogP contribution in [0.3, 0.4) is 0 Å². The van der Waals surface area contributed by atoms with Crippen LogP contribution in [0.2, 0.25) is 0 Å². The average molecular weight is 513 g/mol. The van der Waals surface area contributed by atoms with Gasteiger partial charge < -0.3 is 15.7 Å². The molecule has 2 aromatic heterocycles. The van der Waals surface area contributed by atoms with Crippen LogP contribution in [0.5, 0.6) is 5.75 Å². The van der Waals surface area contributed by atoms with Gasteiger partial charge in [0.1, 0.15) is 19.4 Å². The number of alkyl halides is 3. The number of phenolic OH excluding ortho intramolecular Hbond substituents is 1. The minimum atomic E-state index is -4.54. The number of halogens is 3. The van der Waals surface area contributed by atoms with E-state index < -0.39 is 17.6 Å². The molecule has 0 fully saturated rings. The summed E-state index contributed by atoms with van der Waals surface area (Å²) >= 11 is 0. The van der Waals surface area contributed by atoms with E-state index in [2.05, 4.69) is 20.7 Å². The molecule has 1 amide bonds. The Morgan fingerprint density at radius 1 is 1.00 bits per heavy atom. The molecule has 0 bridgehead atoms. The van der Waals surface area contributed by atoms with Crippen LogP contribution in [0.15, 0.2) is 85.1 Å². The molecule has 0 aliphatic carbocycles. The summed E-state index contributed by atoms with van der Waals surface area (Å²) in [4.78, 5) is 17.1. The van der Waals surface area contributed by atoms with E-state index in [1.807, 2.05) is 6.07 Å². The zero-order valence-electron chi connectivity index (χ0n) is 19.7. The van der Waals surface area contributed by atoms with Crippen molar-refractivity contribution in [1.82, 2.24) is 14.6 Å². The van der Waals surface area contributed by atoms with Gasteiger partial charge in [0, 0.05) is 35.6 Å². The standard InChI is InChI=1S/C27H19BF3N5O2/c28-21-15-33-36-24(13-22(35-25(21)36)20-9-1-2-10-23(20)37)32-14-16-5-3-8-19(11-16)34-26(38)17-6-4-7-18(12-17)27(29,30)31/h1-13,15,32,37H,14H2,(H,34,38). The highest BCUT2D eigenvalue weighted by molar-refractivity contribution is 6.36. The maximum Gasteiger partial charge on any atom is 0.416 e. The number of aromatic hydroxyl groups is 1. The highest BCUT2D eigenvalue weighted by atomic mass is 19.4. The van der Waals surface area contributed by atoms with Crippen molar-refractivity contribution in [3.05, 3.63) is 102 Å². The fraction of sp³-hybridized carbons (Fsp3) is 0.0741. The minimum absolute atomic E-state index is 0.0672. The van der Waals surface area contributed by atoms with Crippen molar-refractivity contribution in [2.75, 3.05) is 10.6 Å². The number of carbonyl (C=O) groups excluding carboxylic acids is 1. The first-order valence-corrected chi connectivity index (χ1v) is 11.4. The second-order valence-corrected chi connectivity index (χ2v) is 8.47. The molecule has 0 aliphatic rings. The molecule has 3 aromatic carbocycles. The predicted molar refractivity (Wildman–Crippen MR) is 139 cm³/mol. The normalized spacial score (nSPS) is 11.4. The number of benzene rings is 3. The van der Waals surface area contributed by atoms with E-state index in [0.717, 1.165) is 17.7 Å². The van der Waals surface area contributed by atoms with Crippen LogP contribution in [-0.4, -0.2) is 33.5 Å². The van der Waals surface area contributed by atoms with Gasteiger partial charge in [-0.25, -0.2) is 4.98 Å². The lowest BCUT2D eigenvalue weighted by molar-refractivity contribution is -0.137. The molecule has 2 heterocycles. The quantitative estimate of drug-likeness (QED) is 0.285. The van der Waals surface area contributed by atoms with Crippen LogP contribution in [0.25, 0.3) is 16.9 Å². The molecule has 38 heavy (non-hydrogen) atoms. The van der Waals surface area contributed by atoms with E-state index in [-0.39, 0.29) is 11.3 Å². The van der Waals surface area contributed by atoms with Gasteiger partial charge in [-0.15, -0.1) is 0 Å². The summed E-state index contributed by atoms with van der Waals surface area (Å²) in [5, 5.41) is 20.5. The van der Waals surface area contributed by atoms with E-state index in [1.165, 1.54) is 22.8 Å². The molecule has 2 radical (unpaired) electrons. The molecular weight excluding hydrogens is 494 g/mol. The summed E-state index contributed by atoms with van der Waals surface area (Å²) in [6.07, 6.45) is -3.06. The Balaban J connectivity index is 1.36. The van der Waals surface area contributed by atoms with Crippen LogP contribution in [0.4, 0.5) is 24.7 Å². The van der Waals surface area contributed by atoms with Gasteiger partial charge in [0.2, 0.25) is 0 Å². The maximum absolute atomic E-state index is 13.0. The van der Waals surface area contributed by atoms with Crippen LogP contribution >= 0.6 is 0 Å². The number of hydrogen-bond acceptors (Lipinski definition) is 5. The van der Waals surface area contributed by atoms with Gasteiger partial charge in [0.25, 0.3) is 5.91 Å². The third-order valence-corrected chi connectivity index (χ3v) is 5.79. The molecular formula is C27H19BF3N5O2. The van der Waals surface area contributed by atoms with Crippen LogP contribution in [0, 0.1) is 0 Å². The Morgan fingerprint density at radius 2 is 1.79 bits per heavy atom. The molecule has 0 spiro atoms. The fourth-order valence-electron chi connectivity index (χ4n) is 3.93. The van der Waals surface area contributed by atoms with Crippen molar-refractivity contribution in [1.29, 1.82) is 0 Å². The van der Waals surface area contributed by atoms with Crippen LogP contribution < -0.4 is 16.1 Å². The van der Waals surface area contributed by atoms with E-state index in [4.69, 9.17) is 7.85 Å². The van der Waals surface area contributed by atoms with Crippen molar-refractivity contribution in [2.24, 2.45) is 0 Å². The second kappa shape index (κ2) is 9.93. The maximum atomic E-state index is 13.0. The van der Waals surface area contributed by atoms with Crippen molar-refractivity contribution in [2.45, 2.75) is 12.7 Å². The summed E-state index contributed by atoms with van der Waals surface area (Å²) in [5.74, 6) is -0.0302. The number of phenols is 1. The summed E-state index contributed by atoms with van der Waals surface area (Å²) < 4.78 is 40.6. The van der Waals surface area contributed by atoms with Crippen molar-refractivity contribution >= 4 is 36.4 Å². The number of anilines is 2. The van der Waals surface area contributed by atoms with E-state index in [9.17, 15) is 23.1 Å². The number of fused-ring (bicyclic) bond motifs is 1. The van der Waals surface area contributed by atoms with Crippen molar-refractivity contribution in [3.63, 3.8) is 0 Å². The molecule has 0 saturated heterocycles. The zero-order valence-corrected chi connectivity index (χ0v) is 19.7. The van der Waals surface area contributed by atoms with Gasteiger partial charge in [-0.05, 0) is 53.5 Å². The van der Waals surface area contributed by atoms with Crippen LogP contribution in [-0.2, 0) is 12.7 Å². The first-order chi connectivity index (χ1) is 18.2. The number of para-hydroxylation sites is 1. The molecule has 5 rings (SSSR count). The number of nitrogens with zero attached hydrogens (tertiary/aromatic N) is 3. The highest BCUT2D eigenvalue weighted by Crippen LogP contribution is 2.30. The van der Waals surface area contributed by atoms with Crippen molar-refractivity contribution < 1.29 is 23.1 Å².